The highest BCUT2D eigenvalue weighted by atomic mass is 127. The van der Waals surface area contributed by atoms with Gasteiger partial charge in [-0.1, -0.05) is 0 Å². The lowest BCUT2D eigenvalue weighted by molar-refractivity contribution is -0.113. The van der Waals surface area contributed by atoms with Gasteiger partial charge in [-0.05, 0) is 46.7 Å². The maximum Gasteiger partial charge on any atom is 0.302 e. The van der Waals surface area contributed by atoms with Gasteiger partial charge in [0, 0.05) is 10.6 Å². The summed E-state index contributed by atoms with van der Waals surface area (Å²) in [7, 11) is 3.24. The molecule has 0 radical (unpaired) electrons. The Morgan fingerprint density at radius 2 is 2.27 bits per heavy atom. The molecule has 78 valence electrons. The van der Waals surface area contributed by atoms with E-state index in [2.05, 4.69) is 28.5 Å². The second kappa shape index (κ2) is 5.03. The molecule has 0 N–H and O–H groups in total. The van der Waals surface area contributed by atoms with Crippen molar-refractivity contribution < 1.29 is 9.53 Å². The Morgan fingerprint density at radius 3 is 2.73 bits per heavy atom. The van der Waals surface area contributed by atoms with Crippen LogP contribution in [0.15, 0.2) is 18.2 Å². The largest absolute Gasteiger partial charge is 0.497 e. The van der Waals surface area contributed by atoms with E-state index in [1.807, 2.05) is 6.07 Å². The minimum absolute atomic E-state index is 0.363. The fourth-order valence-corrected chi connectivity index (χ4v) is 1.94. The Bertz CT molecular complexity index is 423. The molecule has 0 atom stereocenters. The second-order valence-corrected chi connectivity index (χ2v) is 3.99. The zero-order valence-corrected chi connectivity index (χ0v) is 10.6. The van der Waals surface area contributed by atoms with E-state index in [0.717, 1.165) is 15.0 Å². The third-order valence-corrected chi connectivity index (χ3v) is 2.81. The number of hydrogen-bond donors (Lipinski definition) is 0. The van der Waals surface area contributed by atoms with Gasteiger partial charge in [0.1, 0.15) is 5.75 Å². The number of methoxy groups -OCH3 is 1. The Hall–Kier alpha value is -1.22. The lowest BCUT2D eigenvalue weighted by atomic mass is 10.3. The molecule has 0 aromatic heterocycles. The van der Waals surface area contributed by atoms with Gasteiger partial charge < -0.3 is 9.64 Å². The highest BCUT2D eigenvalue weighted by Crippen LogP contribution is 2.26. The van der Waals surface area contributed by atoms with Gasteiger partial charge in [-0.15, -0.1) is 6.42 Å². The first kappa shape index (κ1) is 11.9. The number of rotatable bonds is 2. The van der Waals surface area contributed by atoms with Crippen molar-refractivity contribution in [1.82, 2.24) is 0 Å². The summed E-state index contributed by atoms with van der Waals surface area (Å²) in [6, 6.07) is 5.43. The van der Waals surface area contributed by atoms with Gasteiger partial charge in [0.05, 0.1) is 12.8 Å². The number of amides is 1. The summed E-state index contributed by atoms with van der Waals surface area (Å²) in [5.41, 5.74) is 0.777. The lowest BCUT2D eigenvalue weighted by Crippen LogP contribution is -2.25. The number of carbonyl (C=O) groups excluding carboxylic acids is 1. The molecule has 1 aromatic rings. The van der Waals surface area contributed by atoms with Crippen molar-refractivity contribution in [2.45, 2.75) is 0 Å². The van der Waals surface area contributed by atoms with Crippen LogP contribution in [0.3, 0.4) is 0 Å². The second-order valence-electron chi connectivity index (χ2n) is 2.83. The van der Waals surface area contributed by atoms with E-state index in [1.165, 1.54) is 4.90 Å². The topological polar surface area (TPSA) is 29.5 Å². The number of nitrogens with zero attached hydrogens (tertiary/aromatic N) is 1. The number of halogens is 1. The van der Waals surface area contributed by atoms with Gasteiger partial charge in [0.25, 0.3) is 0 Å². The van der Waals surface area contributed by atoms with Crippen LogP contribution >= 0.6 is 22.6 Å². The summed E-state index contributed by atoms with van der Waals surface area (Å²) in [6.07, 6.45) is 5.05. The Morgan fingerprint density at radius 1 is 1.60 bits per heavy atom. The zero-order chi connectivity index (χ0) is 11.4. The van der Waals surface area contributed by atoms with Crippen molar-refractivity contribution in [3.63, 3.8) is 0 Å². The molecule has 1 rings (SSSR count). The molecule has 0 aliphatic carbocycles. The predicted octanol–water partition coefficient (Wildman–Crippen LogP) is 1.90. The lowest BCUT2D eigenvalue weighted by Gasteiger charge is -2.16. The molecule has 0 spiro atoms. The average molecular weight is 315 g/mol. The molecule has 3 nitrogen and oxygen atoms in total. The van der Waals surface area contributed by atoms with Crippen molar-refractivity contribution in [3.8, 4) is 18.1 Å². The van der Waals surface area contributed by atoms with Crippen molar-refractivity contribution in [2.75, 3.05) is 19.1 Å². The molecule has 0 fully saturated rings. The van der Waals surface area contributed by atoms with Crippen LogP contribution in [-0.2, 0) is 4.79 Å². The van der Waals surface area contributed by atoms with Gasteiger partial charge in [-0.25, -0.2) is 0 Å². The molecule has 1 amide bonds. The highest BCUT2D eigenvalue weighted by Gasteiger charge is 2.11. The molecule has 0 aliphatic heterocycles. The fraction of sp³-hybridized carbons (Fsp3) is 0.182. The minimum Gasteiger partial charge on any atom is -0.497 e. The SMILES string of the molecule is C#CC(=O)N(C)c1ccc(OC)cc1I. The van der Waals surface area contributed by atoms with Crippen LogP contribution in [0.1, 0.15) is 0 Å². The summed E-state index contributed by atoms with van der Waals surface area (Å²) in [4.78, 5) is 12.7. The van der Waals surface area contributed by atoms with Gasteiger partial charge in [0.2, 0.25) is 0 Å². The van der Waals surface area contributed by atoms with Crippen LogP contribution in [0.25, 0.3) is 0 Å². The van der Waals surface area contributed by atoms with E-state index in [9.17, 15) is 4.79 Å². The van der Waals surface area contributed by atoms with Crippen LogP contribution in [0.2, 0.25) is 0 Å². The molecular formula is C11H10INO2. The van der Waals surface area contributed by atoms with Gasteiger partial charge in [0.15, 0.2) is 0 Å². The number of terminal acetylenes is 1. The van der Waals surface area contributed by atoms with E-state index >= 15 is 0 Å². The third kappa shape index (κ3) is 2.63. The normalized spacial score (nSPS) is 9.20. The van der Waals surface area contributed by atoms with Crippen molar-refractivity contribution in [3.05, 3.63) is 21.8 Å². The number of ether oxygens (including phenoxy) is 1. The van der Waals surface area contributed by atoms with Crippen molar-refractivity contribution in [2.24, 2.45) is 0 Å². The van der Waals surface area contributed by atoms with Crippen LogP contribution in [0, 0.1) is 15.9 Å². The monoisotopic (exact) mass is 315 g/mol. The number of carbonyl (C=O) groups is 1. The molecular weight excluding hydrogens is 305 g/mol. The maximum absolute atomic E-state index is 11.3. The molecule has 0 saturated heterocycles. The summed E-state index contributed by atoms with van der Waals surface area (Å²) >= 11 is 2.13. The summed E-state index contributed by atoms with van der Waals surface area (Å²) in [6.45, 7) is 0. The van der Waals surface area contributed by atoms with E-state index < -0.39 is 0 Å². The molecule has 0 bridgehead atoms. The van der Waals surface area contributed by atoms with Gasteiger partial charge in [-0.2, -0.15) is 0 Å². The quantitative estimate of drug-likeness (QED) is 0.616. The standard InChI is InChI=1S/C11H10INO2/c1-4-11(14)13(2)10-6-5-8(15-3)7-9(10)12/h1,5-7H,2-3H3. The Kier molecular flexibility index (Phi) is 3.97. The maximum atomic E-state index is 11.3. The van der Waals surface area contributed by atoms with Crippen LogP contribution in [-0.4, -0.2) is 20.1 Å². The Balaban J connectivity index is 3.06. The first-order chi connectivity index (χ1) is 7.10. The number of hydrogen-bond acceptors (Lipinski definition) is 2. The molecule has 0 aliphatic rings. The highest BCUT2D eigenvalue weighted by molar-refractivity contribution is 14.1. The van der Waals surface area contributed by atoms with E-state index in [1.54, 1.807) is 26.3 Å². The summed E-state index contributed by atoms with van der Waals surface area (Å²) < 4.78 is 5.98. The molecule has 0 saturated carbocycles. The van der Waals surface area contributed by atoms with Crippen molar-refractivity contribution >= 4 is 34.2 Å². The van der Waals surface area contributed by atoms with E-state index in [0.29, 0.717) is 0 Å². The molecule has 0 heterocycles. The van der Waals surface area contributed by atoms with E-state index in [-0.39, 0.29) is 5.91 Å². The first-order valence-corrected chi connectivity index (χ1v) is 5.26. The van der Waals surface area contributed by atoms with Gasteiger partial charge in [-0.3, -0.25) is 4.79 Å². The number of anilines is 1. The zero-order valence-electron chi connectivity index (χ0n) is 8.45. The smallest absolute Gasteiger partial charge is 0.302 e. The third-order valence-electron chi connectivity index (χ3n) is 1.94. The van der Waals surface area contributed by atoms with Crippen LogP contribution in [0.4, 0.5) is 5.69 Å². The number of benzene rings is 1. The minimum atomic E-state index is -0.363. The van der Waals surface area contributed by atoms with E-state index in [4.69, 9.17) is 11.2 Å². The molecule has 1 aromatic carbocycles. The fourth-order valence-electron chi connectivity index (χ4n) is 1.09. The first-order valence-electron chi connectivity index (χ1n) is 4.18. The Labute approximate surface area is 103 Å². The molecule has 15 heavy (non-hydrogen) atoms. The van der Waals surface area contributed by atoms with Crippen LogP contribution in [0.5, 0.6) is 5.75 Å². The molecule has 0 unspecified atom stereocenters. The summed E-state index contributed by atoms with van der Waals surface area (Å²) in [5, 5.41) is 0. The van der Waals surface area contributed by atoms with Crippen LogP contribution < -0.4 is 9.64 Å². The van der Waals surface area contributed by atoms with Crippen molar-refractivity contribution in [1.29, 1.82) is 0 Å². The summed E-state index contributed by atoms with van der Waals surface area (Å²) in [5.74, 6) is 2.46. The van der Waals surface area contributed by atoms with Gasteiger partial charge >= 0.3 is 5.91 Å². The molecule has 4 heteroatoms. The average Bonchev–Trinajstić information content (AvgIpc) is 2.26. The predicted molar refractivity (Wildman–Crippen MR) is 68.0 cm³/mol.